The van der Waals surface area contributed by atoms with Crippen LogP contribution >= 0.6 is 0 Å². The van der Waals surface area contributed by atoms with Gasteiger partial charge in [0.05, 0.1) is 0 Å². The Labute approximate surface area is 71.6 Å². The van der Waals surface area contributed by atoms with Gasteiger partial charge in [-0.15, -0.1) is 0 Å². The molecule has 0 spiro atoms. The molecule has 0 radical (unpaired) electrons. The molecule has 1 aromatic rings. The quantitative estimate of drug-likeness (QED) is 0.516. The summed E-state index contributed by atoms with van der Waals surface area (Å²) in [4.78, 5) is 0. The zero-order valence-electron chi connectivity index (χ0n) is 6.75. The Bertz CT molecular complexity index is 296. The van der Waals surface area contributed by atoms with Crippen LogP contribution in [0.15, 0.2) is 25.3 Å². The number of nitrogen functional groups attached to an aromatic ring is 1. The summed E-state index contributed by atoms with van der Waals surface area (Å²) in [6.07, 6.45) is 3.16. The maximum absolute atomic E-state index is 9.37. The lowest BCUT2D eigenvalue weighted by Gasteiger charge is -2.06. The van der Waals surface area contributed by atoms with Crippen LogP contribution in [0.2, 0.25) is 0 Å². The number of anilines is 1. The van der Waals surface area contributed by atoms with E-state index in [1.807, 2.05) is 0 Å². The van der Waals surface area contributed by atoms with Gasteiger partial charge in [0.2, 0.25) is 0 Å². The van der Waals surface area contributed by atoms with E-state index in [0.717, 1.165) is 5.56 Å². The first-order chi connectivity index (χ1) is 5.70. The van der Waals surface area contributed by atoms with Crippen LogP contribution < -0.4 is 5.73 Å². The van der Waals surface area contributed by atoms with Crippen molar-refractivity contribution in [3.05, 3.63) is 36.4 Å². The lowest BCUT2D eigenvalue weighted by molar-refractivity contribution is 0.474. The summed E-state index contributed by atoms with van der Waals surface area (Å²) in [5.74, 6) is 0.175. The molecule has 0 saturated heterocycles. The van der Waals surface area contributed by atoms with E-state index < -0.39 is 0 Å². The summed E-state index contributed by atoms with van der Waals surface area (Å²) in [7, 11) is 0. The SMILES string of the molecule is C=Cc1c(N)ccc(O)c1C=C. The summed E-state index contributed by atoms with van der Waals surface area (Å²) in [6.45, 7) is 7.18. The second-order valence-electron chi connectivity index (χ2n) is 2.41. The van der Waals surface area contributed by atoms with Gasteiger partial charge in [-0.25, -0.2) is 0 Å². The molecule has 2 nitrogen and oxygen atoms in total. The van der Waals surface area contributed by atoms with Gasteiger partial charge in [-0.2, -0.15) is 0 Å². The third-order valence-electron chi connectivity index (χ3n) is 1.71. The topological polar surface area (TPSA) is 46.2 Å². The van der Waals surface area contributed by atoms with Crippen molar-refractivity contribution < 1.29 is 5.11 Å². The van der Waals surface area contributed by atoms with Gasteiger partial charge in [-0.05, 0) is 12.1 Å². The van der Waals surface area contributed by atoms with Crippen molar-refractivity contribution in [2.24, 2.45) is 0 Å². The normalized spacial score (nSPS) is 9.33. The monoisotopic (exact) mass is 161 g/mol. The van der Waals surface area contributed by atoms with Gasteiger partial charge in [-0.1, -0.05) is 25.3 Å². The van der Waals surface area contributed by atoms with Crippen molar-refractivity contribution in [1.82, 2.24) is 0 Å². The number of phenols is 1. The van der Waals surface area contributed by atoms with Gasteiger partial charge in [0.1, 0.15) is 5.75 Å². The number of nitrogens with two attached hydrogens (primary N) is 1. The fourth-order valence-corrected chi connectivity index (χ4v) is 1.08. The van der Waals surface area contributed by atoms with E-state index in [1.54, 1.807) is 24.3 Å². The molecule has 1 rings (SSSR count). The van der Waals surface area contributed by atoms with Gasteiger partial charge in [0, 0.05) is 16.8 Å². The first-order valence-electron chi connectivity index (χ1n) is 3.57. The van der Waals surface area contributed by atoms with Crippen LogP contribution in [0.25, 0.3) is 12.2 Å². The molecule has 3 N–H and O–H groups in total. The molecule has 1 aromatic carbocycles. The van der Waals surface area contributed by atoms with Crippen molar-refractivity contribution in [2.45, 2.75) is 0 Å². The number of benzene rings is 1. The van der Waals surface area contributed by atoms with Gasteiger partial charge >= 0.3 is 0 Å². The second-order valence-corrected chi connectivity index (χ2v) is 2.41. The molecule has 0 amide bonds. The standard InChI is InChI=1S/C10H11NO/c1-3-7-8(4-2)10(12)6-5-9(7)11/h3-6,12H,1-2,11H2. The van der Waals surface area contributed by atoms with Crippen LogP contribution in [0.1, 0.15) is 11.1 Å². The highest BCUT2D eigenvalue weighted by atomic mass is 16.3. The molecule has 62 valence electrons. The van der Waals surface area contributed by atoms with Gasteiger partial charge < -0.3 is 10.8 Å². The predicted octanol–water partition coefficient (Wildman–Crippen LogP) is 2.26. The average Bonchev–Trinajstić information content (AvgIpc) is 2.08. The molecule has 0 saturated carbocycles. The smallest absolute Gasteiger partial charge is 0.123 e. The molecule has 0 aliphatic rings. The number of hydrogen-bond donors (Lipinski definition) is 2. The zero-order chi connectivity index (χ0) is 9.14. The molecule has 0 aliphatic carbocycles. The number of aromatic hydroxyl groups is 1. The lowest BCUT2D eigenvalue weighted by Crippen LogP contribution is -1.91. The third-order valence-corrected chi connectivity index (χ3v) is 1.71. The second kappa shape index (κ2) is 3.13. The van der Waals surface area contributed by atoms with E-state index in [9.17, 15) is 5.11 Å². The van der Waals surface area contributed by atoms with Crippen LogP contribution in [0.4, 0.5) is 5.69 Å². The highest BCUT2D eigenvalue weighted by Gasteiger charge is 2.04. The third kappa shape index (κ3) is 1.19. The molecular formula is C10H11NO. The Morgan fingerprint density at radius 2 is 1.75 bits per heavy atom. The van der Waals surface area contributed by atoms with Gasteiger partial charge in [0.15, 0.2) is 0 Å². The molecule has 0 bridgehead atoms. The minimum Gasteiger partial charge on any atom is -0.507 e. The molecule has 12 heavy (non-hydrogen) atoms. The summed E-state index contributed by atoms with van der Waals surface area (Å²) >= 11 is 0. The number of rotatable bonds is 2. The average molecular weight is 161 g/mol. The van der Waals surface area contributed by atoms with E-state index in [1.165, 1.54) is 0 Å². The Balaban J connectivity index is 3.48. The molecule has 0 aromatic heterocycles. The minimum atomic E-state index is 0.175. The van der Waals surface area contributed by atoms with E-state index in [2.05, 4.69) is 13.2 Å². The van der Waals surface area contributed by atoms with E-state index in [4.69, 9.17) is 5.73 Å². The van der Waals surface area contributed by atoms with Crippen molar-refractivity contribution in [3.8, 4) is 5.75 Å². The molecule has 2 heteroatoms. The number of hydrogen-bond acceptors (Lipinski definition) is 2. The maximum atomic E-state index is 9.37. The van der Waals surface area contributed by atoms with Crippen molar-refractivity contribution in [1.29, 1.82) is 0 Å². The van der Waals surface area contributed by atoms with E-state index in [-0.39, 0.29) is 5.75 Å². The Hall–Kier alpha value is -1.70. The molecule has 0 heterocycles. The highest BCUT2D eigenvalue weighted by Crippen LogP contribution is 2.27. The first-order valence-corrected chi connectivity index (χ1v) is 3.57. The lowest BCUT2D eigenvalue weighted by atomic mass is 10.0. The zero-order valence-corrected chi connectivity index (χ0v) is 6.75. The highest BCUT2D eigenvalue weighted by molar-refractivity contribution is 5.76. The van der Waals surface area contributed by atoms with Crippen molar-refractivity contribution in [3.63, 3.8) is 0 Å². The fraction of sp³-hybridized carbons (Fsp3) is 0. The van der Waals surface area contributed by atoms with Crippen LogP contribution in [0, 0.1) is 0 Å². The molecule has 0 atom stereocenters. The largest absolute Gasteiger partial charge is 0.507 e. The summed E-state index contributed by atoms with van der Waals surface area (Å²) < 4.78 is 0. The van der Waals surface area contributed by atoms with Gasteiger partial charge in [-0.3, -0.25) is 0 Å². The van der Waals surface area contributed by atoms with Crippen molar-refractivity contribution in [2.75, 3.05) is 5.73 Å². The fourth-order valence-electron chi connectivity index (χ4n) is 1.08. The molecular weight excluding hydrogens is 150 g/mol. The van der Waals surface area contributed by atoms with Crippen LogP contribution in [-0.2, 0) is 0 Å². The maximum Gasteiger partial charge on any atom is 0.123 e. The Morgan fingerprint density at radius 3 is 2.17 bits per heavy atom. The Morgan fingerprint density at radius 1 is 1.17 bits per heavy atom. The first kappa shape index (κ1) is 8.40. The van der Waals surface area contributed by atoms with Crippen LogP contribution in [0.5, 0.6) is 5.75 Å². The molecule has 0 aliphatic heterocycles. The predicted molar refractivity (Wildman–Crippen MR) is 52.7 cm³/mol. The summed E-state index contributed by atoms with van der Waals surface area (Å²) in [5.41, 5.74) is 7.60. The van der Waals surface area contributed by atoms with E-state index >= 15 is 0 Å². The molecule has 0 fully saturated rings. The van der Waals surface area contributed by atoms with Crippen LogP contribution in [0.3, 0.4) is 0 Å². The number of phenolic OH excluding ortho intramolecular Hbond substituents is 1. The Kier molecular flexibility index (Phi) is 2.19. The van der Waals surface area contributed by atoms with Gasteiger partial charge in [0.25, 0.3) is 0 Å². The minimum absolute atomic E-state index is 0.175. The van der Waals surface area contributed by atoms with Crippen molar-refractivity contribution >= 4 is 17.8 Å². The summed E-state index contributed by atoms with van der Waals surface area (Å²) in [5, 5.41) is 9.37. The summed E-state index contributed by atoms with van der Waals surface area (Å²) in [6, 6.07) is 3.18. The molecule has 0 unspecified atom stereocenters. The van der Waals surface area contributed by atoms with Crippen LogP contribution in [-0.4, -0.2) is 5.11 Å². The van der Waals surface area contributed by atoms with E-state index in [0.29, 0.717) is 11.3 Å².